The predicted octanol–water partition coefficient (Wildman–Crippen LogP) is 3.84. The van der Waals surface area contributed by atoms with Crippen LogP contribution in [-0.2, 0) is 0 Å². The summed E-state index contributed by atoms with van der Waals surface area (Å²) >= 11 is 9.42. The van der Waals surface area contributed by atoms with Crippen molar-refractivity contribution in [3.63, 3.8) is 0 Å². The highest BCUT2D eigenvalue weighted by Gasteiger charge is 2.06. The fourth-order valence-corrected chi connectivity index (χ4v) is 2.03. The monoisotopic (exact) mass is 350 g/mol. The fraction of sp³-hybridized carbons (Fsp3) is 0. The molecule has 7 heteroatoms. The van der Waals surface area contributed by atoms with Gasteiger partial charge >= 0.3 is 0 Å². The quantitative estimate of drug-likeness (QED) is 0.674. The van der Waals surface area contributed by atoms with E-state index in [1.54, 1.807) is 6.21 Å². The lowest BCUT2D eigenvalue weighted by molar-refractivity contribution is 0.574. The lowest BCUT2D eigenvalue weighted by atomic mass is 10.2. The molecule has 0 aliphatic rings. The van der Waals surface area contributed by atoms with Crippen molar-refractivity contribution in [2.75, 3.05) is 0 Å². The van der Waals surface area contributed by atoms with Crippen LogP contribution in [0, 0.1) is 0 Å². The Hall–Kier alpha value is -1.92. The molecule has 0 aliphatic heterocycles. The molecule has 0 atom stereocenters. The molecule has 5 nitrogen and oxygen atoms in total. The van der Waals surface area contributed by atoms with Gasteiger partial charge in [0.05, 0.1) is 11.2 Å². The van der Waals surface area contributed by atoms with E-state index in [1.807, 2.05) is 30.3 Å². The molecular weight excluding hydrogens is 344 g/mol. The van der Waals surface area contributed by atoms with Gasteiger partial charge in [0, 0.05) is 10.0 Å². The standard InChI is InChI=1S/C13H8BrClN4O/c14-11-3-1-9(5-12(11)15)13-4-2-10(20-13)6-18-19-7-16-17-8-19/h1-8H/b18-6+. The number of nitrogens with zero attached hydrogens (tertiary/aromatic N) is 4. The van der Waals surface area contributed by atoms with Gasteiger partial charge in [0.15, 0.2) is 0 Å². The average molecular weight is 352 g/mol. The van der Waals surface area contributed by atoms with E-state index in [9.17, 15) is 0 Å². The minimum atomic E-state index is 0.632. The first kappa shape index (κ1) is 13.1. The Kier molecular flexibility index (Phi) is 3.66. The summed E-state index contributed by atoms with van der Waals surface area (Å²) < 4.78 is 8.02. The molecule has 20 heavy (non-hydrogen) atoms. The Morgan fingerprint density at radius 3 is 2.75 bits per heavy atom. The molecule has 0 saturated heterocycles. The number of hydrogen-bond acceptors (Lipinski definition) is 4. The normalized spacial score (nSPS) is 11.3. The van der Waals surface area contributed by atoms with Crippen LogP contribution in [0.1, 0.15) is 5.76 Å². The van der Waals surface area contributed by atoms with Crippen LogP contribution >= 0.6 is 27.5 Å². The second-order valence-electron chi connectivity index (χ2n) is 3.92. The second-order valence-corrected chi connectivity index (χ2v) is 5.18. The van der Waals surface area contributed by atoms with Crippen LogP contribution in [0.25, 0.3) is 11.3 Å². The van der Waals surface area contributed by atoms with Crippen molar-refractivity contribution in [2.45, 2.75) is 0 Å². The molecule has 3 aromatic rings. The molecule has 100 valence electrons. The van der Waals surface area contributed by atoms with Gasteiger partial charge in [-0.2, -0.15) is 5.10 Å². The molecule has 0 saturated carbocycles. The average Bonchev–Trinajstić information content (AvgIpc) is 3.10. The van der Waals surface area contributed by atoms with Crippen LogP contribution in [0.5, 0.6) is 0 Å². The number of rotatable bonds is 3. The smallest absolute Gasteiger partial charge is 0.147 e. The molecule has 0 fully saturated rings. The Bertz CT molecular complexity index is 752. The Balaban J connectivity index is 1.84. The molecule has 0 N–H and O–H groups in total. The third kappa shape index (κ3) is 2.81. The number of furan rings is 1. The minimum Gasteiger partial charge on any atom is -0.455 e. The zero-order chi connectivity index (χ0) is 13.9. The van der Waals surface area contributed by atoms with Gasteiger partial charge in [0.2, 0.25) is 0 Å². The summed E-state index contributed by atoms with van der Waals surface area (Å²) in [5.41, 5.74) is 0.905. The van der Waals surface area contributed by atoms with Crippen molar-refractivity contribution in [1.82, 2.24) is 14.9 Å². The van der Waals surface area contributed by atoms with E-state index in [2.05, 4.69) is 31.2 Å². The number of hydrogen-bond donors (Lipinski definition) is 0. The fourth-order valence-electron chi connectivity index (χ4n) is 1.61. The summed E-state index contributed by atoms with van der Waals surface area (Å²) in [4.78, 5) is 0. The molecule has 2 aromatic heterocycles. The first-order valence-corrected chi connectivity index (χ1v) is 6.84. The topological polar surface area (TPSA) is 56.2 Å². The maximum atomic E-state index is 6.07. The van der Waals surface area contributed by atoms with E-state index in [1.165, 1.54) is 17.3 Å². The molecular formula is C13H8BrClN4O. The van der Waals surface area contributed by atoms with Gasteiger partial charge in [-0.05, 0) is 40.2 Å². The summed E-state index contributed by atoms with van der Waals surface area (Å²) in [6.45, 7) is 0. The molecule has 0 unspecified atom stereocenters. The number of aromatic nitrogens is 3. The van der Waals surface area contributed by atoms with E-state index in [0.717, 1.165) is 15.8 Å². The Morgan fingerprint density at radius 2 is 2.00 bits per heavy atom. The number of benzene rings is 1. The summed E-state index contributed by atoms with van der Waals surface area (Å²) in [7, 11) is 0. The molecule has 0 amide bonds. The van der Waals surface area contributed by atoms with Crippen LogP contribution in [0.4, 0.5) is 0 Å². The molecule has 3 rings (SSSR count). The third-order valence-corrected chi connectivity index (χ3v) is 3.79. The van der Waals surface area contributed by atoms with Crippen molar-refractivity contribution < 1.29 is 4.42 Å². The van der Waals surface area contributed by atoms with E-state index >= 15 is 0 Å². The third-order valence-electron chi connectivity index (χ3n) is 2.56. The lowest BCUT2D eigenvalue weighted by Gasteiger charge is -1.99. The van der Waals surface area contributed by atoms with Gasteiger partial charge in [-0.3, -0.25) is 0 Å². The van der Waals surface area contributed by atoms with Crippen molar-refractivity contribution in [3.8, 4) is 11.3 Å². The first-order chi connectivity index (χ1) is 9.72. The largest absolute Gasteiger partial charge is 0.455 e. The van der Waals surface area contributed by atoms with Gasteiger partial charge in [0.25, 0.3) is 0 Å². The van der Waals surface area contributed by atoms with E-state index < -0.39 is 0 Å². The Labute approximate surface area is 128 Å². The van der Waals surface area contributed by atoms with Gasteiger partial charge in [-0.15, -0.1) is 10.2 Å². The zero-order valence-electron chi connectivity index (χ0n) is 10.1. The SMILES string of the molecule is Clc1cc(-c2ccc(/C=N/n3cnnc3)o2)ccc1Br. The predicted molar refractivity (Wildman–Crippen MR) is 79.9 cm³/mol. The molecule has 0 aliphatic carbocycles. The van der Waals surface area contributed by atoms with Crippen LogP contribution in [-0.4, -0.2) is 21.1 Å². The molecule has 1 aromatic carbocycles. The summed E-state index contributed by atoms with van der Waals surface area (Å²) in [6, 6.07) is 9.35. The summed E-state index contributed by atoms with van der Waals surface area (Å²) in [5.74, 6) is 1.36. The maximum absolute atomic E-state index is 6.07. The lowest BCUT2D eigenvalue weighted by Crippen LogP contribution is -1.84. The minimum absolute atomic E-state index is 0.632. The zero-order valence-corrected chi connectivity index (χ0v) is 12.4. The van der Waals surface area contributed by atoms with Crippen LogP contribution < -0.4 is 0 Å². The van der Waals surface area contributed by atoms with Gasteiger partial charge in [0.1, 0.15) is 24.2 Å². The van der Waals surface area contributed by atoms with Crippen LogP contribution in [0.3, 0.4) is 0 Å². The van der Waals surface area contributed by atoms with Crippen molar-refractivity contribution >= 4 is 33.7 Å². The van der Waals surface area contributed by atoms with Crippen LogP contribution in [0.15, 0.2) is 57.0 Å². The van der Waals surface area contributed by atoms with Crippen molar-refractivity contribution in [2.24, 2.45) is 5.10 Å². The van der Waals surface area contributed by atoms with Crippen LogP contribution in [0.2, 0.25) is 5.02 Å². The highest BCUT2D eigenvalue weighted by atomic mass is 79.9. The molecule has 0 radical (unpaired) electrons. The Morgan fingerprint density at radius 1 is 1.20 bits per heavy atom. The highest BCUT2D eigenvalue weighted by molar-refractivity contribution is 9.10. The molecule has 0 spiro atoms. The van der Waals surface area contributed by atoms with Crippen molar-refractivity contribution in [3.05, 3.63) is 58.2 Å². The second kappa shape index (κ2) is 5.60. The number of halogens is 2. The molecule has 2 heterocycles. The van der Waals surface area contributed by atoms with E-state index in [0.29, 0.717) is 10.8 Å². The van der Waals surface area contributed by atoms with Gasteiger partial charge in [-0.25, -0.2) is 4.68 Å². The first-order valence-electron chi connectivity index (χ1n) is 5.66. The van der Waals surface area contributed by atoms with Gasteiger partial charge in [-0.1, -0.05) is 17.7 Å². The van der Waals surface area contributed by atoms with E-state index in [-0.39, 0.29) is 0 Å². The van der Waals surface area contributed by atoms with Gasteiger partial charge < -0.3 is 4.42 Å². The summed E-state index contributed by atoms with van der Waals surface area (Å²) in [6.07, 6.45) is 4.58. The maximum Gasteiger partial charge on any atom is 0.147 e. The summed E-state index contributed by atoms with van der Waals surface area (Å²) in [5, 5.41) is 12.1. The van der Waals surface area contributed by atoms with Crippen molar-refractivity contribution in [1.29, 1.82) is 0 Å². The van der Waals surface area contributed by atoms with E-state index in [4.69, 9.17) is 16.0 Å². The molecule has 0 bridgehead atoms. The highest BCUT2D eigenvalue weighted by Crippen LogP contribution is 2.29.